The van der Waals surface area contributed by atoms with E-state index in [1.54, 1.807) is 10.9 Å². The lowest BCUT2D eigenvalue weighted by Crippen LogP contribution is -2.14. The van der Waals surface area contributed by atoms with Crippen molar-refractivity contribution in [3.8, 4) is 11.1 Å². The van der Waals surface area contributed by atoms with Crippen molar-refractivity contribution in [1.29, 1.82) is 0 Å². The highest BCUT2D eigenvalue weighted by Gasteiger charge is 2.19. The molecule has 28 heavy (non-hydrogen) atoms. The summed E-state index contributed by atoms with van der Waals surface area (Å²) in [6.45, 7) is 0. The van der Waals surface area contributed by atoms with Gasteiger partial charge in [0.1, 0.15) is 17.5 Å². The summed E-state index contributed by atoms with van der Waals surface area (Å²) in [6, 6.07) is 21.0. The lowest BCUT2D eigenvalue weighted by atomic mass is 10.0. The molecule has 0 N–H and O–H groups in total. The number of hydrogen-bond donors (Lipinski definition) is 0. The highest BCUT2D eigenvalue weighted by Crippen LogP contribution is 2.38. The van der Waals surface area contributed by atoms with Gasteiger partial charge < -0.3 is 0 Å². The van der Waals surface area contributed by atoms with Crippen LogP contribution in [0.4, 0.5) is 26.0 Å². The van der Waals surface area contributed by atoms with Gasteiger partial charge in [-0.15, -0.1) is 0 Å². The zero-order chi connectivity index (χ0) is 19.7. The van der Waals surface area contributed by atoms with Crippen LogP contribution in [0.3, 0.4) is 0 Å². The van der Waals surface area contributed by atoms with Gasteiger partial charge >= 0.3 is 0 Å². The third-order valence-corrected chi connectivity index (χ3v) is 4.97. The summed E-state index contributed by atoms with van der Waals surface area (Å²) in [6.07, 6.45) is 1.75. The summed E-state index contributed by atoms with van der Waals surface area (Å²) >= 11 is 3.57. The number of benzene rings is 3. The molecular formula is C22H16BrF2N3. The number of nitrogens with zero attached hydrogens (tertiary/aromatic N) is 3. The Morgan fingerprint density at radius 1 is 0.821 bits per heavy atom. The van der Waals surface area contributed by atoms with Gasteiger partial charge in [0.2, 0.25) is 0 Å². The Bertz CT molecular complexity index is 1070. The van der Waals surface area contributed by atoms with E-state index in [0.717, 1.165) is 33.3 Å². The summed E-state index contributed by atoms with van der Waals surface area (Å²) in [4.78, 5) is 2.06. The minimum absolute atomic E-state index is 0.497. The molecule has 4 rings (SSSR count). The molecule has 0 unspecified atom stereocenters. The summed E-state index contributed by atoms with van der Waals surface area (Å²) in [5, 5.41) is 4.32. The third-order valence-electron chi connectivity index (χ3n) is 4.41. The maximum absolute atomic E-state index is 13.6. The molecule has 0 fully saturated rings. The van der Waals surface area contributed by atoms with E-state index in [4.69, 9.17) is 0 Å². The van der Waals surface area contributed by atoms with Crippen molar-refractivity contribution >= 4 is 33.1 Å². The average Bonchev–Trinajstić information content (AvgIpc) is 3.01. The van der Waals surface area contributed by atoms with Gasteiger partial charge in [0.05, 0.1) is 10.7 Å². The maximum Gasteiger partial charge on any atom is 0.150 e. The molecule has 0 saturated carbocycles. The van der Waals surface area contributed by atoms with Crippen molar-refractivity contribution in [2.75, 3.05) is 4.90 Å². The number of hydrogen-bond acceptors (Lipinski definition) is 2. The zero-order valence-corrected chi connectivity index (χ0v) is 16.6. The first-order valence-corrected chi connectivity index (χ1v) is 9.41. The predicted octanol–water partition coefficient (Wildman–Crippen LogP) is 6.60. The van der Waals surface area contributed by atoms with E-state index in [1.807, 2.05) is 61.6 Å². The second-order valence-corrected chi connectivity index (χ2v) is 7.17. The summed E-state index contributed by atoms with van der Waals surface area (Å²) in [7, 11) is 1.87. The third kappa shape index (κ3) is 3.55. The summed E-state index contributed by atoms with van der Waals surface area (Å²) < 4.78 is 29.7. The first-order valence-electron chi connectivity index (χ1n) is 8.62. The van der Waals surface area contributed by atoms with Crippen LogP contribution in [-0.2, 0) is 7.05 Å². The van der Waals surface area contributed by atoms with Crippen molar-refractivity contribution in [3.05, 3.63) is 95.1 Å². The fourth-order valence-corrected chi connectivity index (χ4v) is 3.68. The molecule has 0 atom stereocenters. The molecule has 0 aliphatic carbocycles. The van der Waals surface area contributed by atoms with Gasteiger partial charge in [-0.1, -0.05) is 30.3 Å². The molecule has 0 spiro atoms. The van der Waals surface area contributed by atoms with Crippen LogP contribution in [0.15, 0.2) is 83.5 Å². The molecule has 0 aliphatic heterocycles. The molecular weight excluding hydrogens is 424 g/mol. The van der Waals surface area contributed by atoms with Crippen molar-refractivity contribution in [2.45, 2.75) is 0 Å². The summed E-state index contributed by atoms with van der Waals surface area (Å²) in [5.41, 5.74) is 3.10. The Labute approximate surface area is 170 Å². The Balaban J connectivity index is 1.79. The zero-order valence-electron chi connectivity index (χ0n) is 15.0. The molecule has 1 heterocycles. The van der Waals surface area contributed by atoms with Gasteiger partial charge in [-0.3, -0.25) is 9.58 Å². The van der Waals surface area contributed by atoms with Crippen LogP contribution >= 0.6 is 15.9 Å². The number of aryl methyl sites for hydroxylation is 1. The standard InChI is InChI=1S/C22H16BrF2N3/c1-27-22(21(23)14-26-27)28(19-5-3-2-4-6-19)20-9-7-15(8-10-20)16-11-17(24)13-18(25)12-16/h2-14H,1H3. The van der Waals surface area contributed by atoms with Gasteiger partial charge in [-0.05, 0) is 63.5 Å². The number of rotatable bonds is 4. The number of halogens is 3. The van der Waals surface area contributed by atoms with E-state index < -0.39 is 11.6 Å². The van der Waals surface area contributed by atoms with E-state index in [-0.39, 0.29) is 0 Å². The van der Waals surface area contributed by atoms with Gasteiger partial charge in [0.25, 0.3) is 0 Å². The van der Waals surface area contributed by atoms with Crippen LogP contribution in [-0.4, -0.2) is 9.78 Å². The van der Waals surface area contributed by atoms with E-state index in [0.29, 0.717) is 5.56 Å². The van der Waals surface area contributed by atoms with Gasteiger partial charge in [-0.25, -0.2) is 8.78 Å². The SMILES string of the molecule is Cn1ncc(Br)c1N(c1ccccc1)c1ccc(-c2cc(F)cc(F)c2)cc1. The normalized spacial score (nSPS) is 10.9. The Morgan fingerprint density at radius 2 is 1.43 bits per heavy atom. The molecule has 3 aromatic carbocycles. The van der Waals surface area contributed by atoms with Crippen molar-refractivity contribution in [2.24, 2.45) is 7.05 Å². The quantitative estimate of drug-likeness (QED) is 0.357. The number of aromatic nitrogens is 2. The van der Waals surface area contributed by atoms with Crippen molar-refractivity contribution in [3.63, 3.8) is 0 Å². The molecule has 3 nitrogen and oxygen atoms in total. The van der Waals surface area contributed by atoms with Gasteiger partial charge in [-0.2, -0.15) is 5.10 Å². The predicted molar refractivity (Wildman–Crippen MR) is 111 cm³/mol. The lowest BCUT2D eigenvalue weighted by Gasteiger charge is -2.25. The van der Waals surface area contributed by atoms with Gasteiger partial charge in [0, 0.05) is 24.5 Å². The first kappa shape index (κ1) is 18.4. The minimum Gasteiger partial charge on any atom is -0.294 e. The molecule has 0 amide bonds. The average molecular weight is 440 g/mol. The topological polar surface area (TPSA) is 21.1 Å². The molecule has 0 aliphatic rings. The van der Waals surface area contributed by atoms with E-state index in [1.165, 1.54) is 12.1 Å². The summed E-state index contributed by atoms with van der Waals surface area (Å²) in [5.74, 6) is -0.316. The van der Waals surface area contributed by atoms with Crippen LogP contribution in [0.25, 0.3) is 11.1 Å². The second-order valence-electron chi connectivity index (χ2n) is 6.32. The Kier molecular flexibility index (Phi) is 4.96. The fraction of sp³-hybridized carbons (Fsp3) is 0.0455. The van der Waals surface area contributed by atoms with E-state index in [9.17, 15) is 8.78 Å². The van der Waals surface area contributed by atoms with Crippen molar-refractivity contribution < 1.29 is 8.78 Å². The Hall–Kier alpha value is -2.99. The van der Waals surface area contributed by atoms with Crippen LogP contribution in [0.5, 0.6) is 0 Å². The lowest BCUT2D eigenvalue weighted by molar-refractivity contribution is 0.584. The van der Waals surface area contributed by atoms with Crippen LogP contribution < -0.4 is 4.90 Å². The minimum atomic E-state index is -0.594. The first-order chi connectivity index (χ1) is 13.5. The monoisotopic (exact) mass is 439 g/mol. The van der Waals surface area contributed by atoms with Crippen LogP contribution in [0.1, 0.15) is 0 Å². The Morgan fingerprint density at radius 3 is 2.00 bits per heavy atom. The molecule has 0 bridgehead atoms. The van der Waals surface area contributed by atoms with E-state index in [2.05, 4.69) is 25.9 Å². The van der Waals surface area contributed by atoms with Gasteiger partial charge in [0.15, 0.2) is 0 Å². The second kappa shape index (κ2) is 7.56. The molecule has 1 aromatic heterocycles. The molecule has 6 heteroatoms. The molecule has 4 aromatic rings. The van der Waals surface area contributed by atoms with Crippen LogP contribution in [0, 0.1) is 11.6 Å². The highest BCUT2D eigenvalue weighted by molar-refractivity contribution is 9.10. The van der Waals surface area contributed by atoms with Crippen molar-refractivity contribution in [1.82, 2.24) is 9.78 Å². The highest BCUT2D eigenvalue weighted by atomic mass is 79.9. The number of anilines is 3. The van der Waals surface area contributed by atoms with Crippen LogP contribution in [0.2, 0.25) is 0 Å². The van der Waals surface area contributed by atoms with E-state index >= 15 is 0 Å². The number of para-hydroxylation sites is 1. The molecule has 0 saturated heterocycles. The fourth-order valence-electron chi connectivity index (χ4n) is 3.15. The maximum atomic E-state index is 13.6. The largest absolute Gasteiger partial charge is 0.294 e. The molecule has 140 valence electrons. The smallest absolute Gasteiger partial charge is 0.150 e. The molecule has 0 radical (unpaired) electrons.